The highest BCUT2D eigenvalue weighted by Crippen LogP contribution is 2.32. The van der Waals surface area contributed by atoms with Gasteiger partial charge in [-0.25, -0.2) is 0 Å². The number of halogens is 3. The second kappa shape index (κ2) is 8.41. The van der Waals surface area contributed by atoms with E-state index in [0.29, 0.717) is 31.2 Å². The summed E-state index contributed by atoms with van der Waals surface area (Å²) in [6.45, 7) is 3.33. The minimum absolute atomic E-state index is 0.0268. The van der Waals surface area contributed by atoms with Crippen LogP contribution in [0.15, 0.2) is 53.1 Å². The van der Waals surface area contributed by atoms with Crippen molar-refractivity contribution in [3.63, 3.8) is 0 Å². The van der Waals surface area contributed by atoms with Crippen LogP contribution in [0, 0.1) is 0 Å². The fraction of sp³-hybridized carbons (Fsp3) is 0.318. The molecule has 0 saturated carbocycles. The first-order valence-electron chi connectivity index (χ1n) is 9.84. The van der Waals surface area contributed by atoms with E-state index in [2.05, 4.69) is 10.1 Å². The van der Waals surface area contributed by atoms with Crippen molar-refractivity contribution in [2.75, 3.05) is 13.2 Å². The molecule has 4 rings (SSSR count). The van der Waals surface area contributed by atoms with Crippen molar-refractivity contribution in [3.05, 3.63) is 65.5 Å². The van der Waals surface area contributed by atoms with Gasteiger partial charge in [0.15, 0.2) is 0 Å². The van der Waals surface area contributed by atoms with E-state index in [-0.39, 0.29) is 24.1 Å². The quantitative estimate of drug-likeness (QED) is 0.567. The second-order valence-electron chi connectivity index (χ2n) is 7.29. The Labute approximate surface area is 176 Å². The van der Waals surface area contributed by atoms with Gasteiger partial charge in [-0.2, -0.15) is 18.2 Å². The molecule has 3 aromatic rings. The van der Waals surface area contributed by atoms with Crippen LogP contribution in [0.3, 0.4) is 0 Å². The smallest absolute Gasteiger partial charge is 0.416 e. The van der Waals surface area contributed by atoms with Gasteiger partial charge >= 0.3 is 6.18 Å². The van der Waals surface area contributed by atoms with Gasteiger partial charge in [0.2, 0.25) is 17.6 Å². The van der Waals surface area contributed by atoms with Gasteiger partial charge in [0.1, 0.15) is 5.75 Å². The Bertz CT molecular complexity index is 1060. The van der Waals surface area contributed by atoms with Crippen molar-refractivity contribution in [2.45, 2.75) is 32.0 Å². The number of nitrogens with zero attached hydrogens (tertiary/aromatic N) is 3. The molecule has 31 heavy (non-hydrogen) atoms. The number of aromatic nitrogens is 2. The molecule has 162 valence electrons. The Morgan fingerprint density at radius 1 is 1.19 bits per heavy atom. The third-order valence-electron chi connectivity index (χ3n) is 5.06. The standard InChI is InChI=1S/C22H20F3N3O3/c1-2-30-18-5-3-4-14(10-18)12-28-13-16(11-19(28)29)21-26-20(27-31-21)15-6-8-17(9-7-15)22(23,24)25/h3-10,16H,2,11-13H2,1H3. The summed E-state index contributed by atoms with van der Waals surface area (Å²) in [6.07, 6.45) is -4.17. The van der Waals surface area contributed by atoms with Crippen molar-refractivity contribution in [1.29, 1.82) is 0 Å². The molecule has 0 N–H and O–H groups in total. The molecule has 0 bridgehead atoms. The maximum atomic E-state index is 12.7. The number of carbonyl (C=O) groups excluding carboxylic acids is 1. The predicted octanol–water partition coefficient (Wildman–Crippen LogP) is 4.67. The fourth-order valence-electron chi connectivity index (χ4n) is 3.54. The zero-order valence-electron chi connectivity index (χ0n) is 16.7. The van der Waals surface area contributed by atoms with E-state index in [1.54, 1.807) is 4.90 Å². The summed E-state index contributed by atoms with van der Waals surface area (Å²) in [7, 11) is 0. The zero-order chi connectivity index (χ0) is 22.0. The first kappa shape index (κ1) is 20.9. The Balaban J connectivity index is 1.44. The van der Waals surface area contributed by atoms with Crippen LogP contribution in [-0.4, -0.2) is 34.1 Å². The molecule has 0 aliphatic carbocycles. The molecule has 9 heteroatoms. The summed E-state index contributed by atoms with van der Waals surface area (Å²) in [6, 6.07) is 12.1. The third-order valence-corrected chi connectivity index (χ3v) is 5.06. The van der Waals surface area contributed by atoms with Crippen molar-refractivity contribution < 1.29 is 27.2 Å². The average Bonchev–Trinajstić information content (AvgIpc) is 3.36. The van der Waals surface area contributed by atoms with Crippen LogP contribution in [0.4, 0.5) is 13.2 Å². The molecule has 0 radical (unpaired) electrons. The molecule has 1 unspecified atom stereocenters. The van der Waals surface area contributed by atoms with E-state index in [1.165, 1.54) is 12.1 Å². The highest BCUT2D eigenvalue weighted by molar-refractivity contribution is 5.79. The third kappa shape index (κ3) is 4.70. The molecular formula is C22H20F3N3O3. The van der Waals surface area contributed by atoms with Gasteiger partial charge in [-0.1, -0.05) is 29.4 Å². The number of benzene rings is 2. The molecule has 1 atom stereocenters. The van der Waals surface area contributed by atoms with Gasteiger partial charge in [-0.15, -0.1) is 0 Å². The van der Waals surface area contributed by atoms with Gasteiger partial charge < -0.3 is 14.2 Å². The molecule has 1 aliphatic rings. The van der Waals surface area contributed by atoms with Gasteiger partial charge in [-0.3, -0.25) is 4.79 Å². The molecule has 1 aliphatic heterocycles. The number of rotatable bonds is 6. The highest BCUT2D eigenvalue weighted by atomic mass is 19.4. The van der Waals surface area contributed by atoms with E-state index < -0.39 is 11.7 Å². The van der Waals surface area contributed by atoms with Gasteiger partial charge in [0.05, 0.1) is 18.1 Å². The summed E-state index contributed by atoms with van der Waals surface area (Å²) >= 11 is 0. The zero-order valence-corrected chi connectivity index (χ0v) is 16.7. The molecule has 1 aromatic heterocycles. The van der Waals surface area contributed by atoms with Crippen molar-refractivity contribution in [3.8, 4) is 17.1 Å². The fourth-order valence-corrected chi connectivity index (χ4v) is 3.54. The second-order valence-corrected chi connectivity index (χ2v) is 7.29. The Morgan fingerprint density at radius 2 is 1.97 bits per heavy atom. The molecule has 0 spiro atoms. The van der Waals surface area contributed by atoms with Crippen LogP contribution in [-0.2, 0) is 17.5 Å². The van der Waals surface area contributed by atoms with Crippen LogP contribution >= 0.6 is 0 Å². The lowest BCUT2D eigenvalue weighted by Crippen LogP contribution is -2.24. The van der Waals surface area contributed by atoms with E-state index in [0.717, 1.165) is 23.4 Å². The normalized spacial score (nSPS) is 16.7. The number of ether oxygens (including phenoxy) is 1. The Morgan fingerprint density at radius 3 is 2.68 bits per heavy atom. The summed E-state index contributed by atoms with van der Waals surface area (Å²) in [4.78, 5) is 18.5. The Hall–Kier alpha value is -3.36. The van der Waals surface area contributed by atoms with Crippen LogP contribution < -0.4 is 4.74 Å². The lowest BCUT2D eigenvalue weighted by molar-refractivity contribution is -0.137. The van der Waals surface area contributed by atoms with Crippen molar-refractivity contribution >= 4 is 5.91 Å². The number of amides is 1. The summed E-state index contributed by atoms with van der Waals surface area (Å²) in [5, 5.41) is 3.88. The lowest BCUT2D eigenvalue weighted by atomic mass is 10.1. The number of hydrogen-bond donors (Lipinski definition) is 0. The number of hydrogen-bond acceptors (Lipinski definition) is 5. The van der Waals surface area contributed by atoms with E-state index in [9.17, 15) is 18.0 Å². The molecule has 1 amide bonds. The van der Waals surface area contributed by atoms with Crippen molar-refractivity contribution in [1.82, 2.24) is 15.0 Å². The summed E-state index contributed by atoms with van der Waals surface area (Å²) in [5.74, 6) is 0.952. The molecule has 1 fully saturated rings. The SMILES string of the molecule is CCOc1cccc(CN2CC(c3nc(-c4ccc(C(F)(F)F)cc4)no3)CC2=O)c1. The first-order chi connectivity index (χ1) is 14.8. The lowest BCUT2D eigenvalue weighted by Gasteiger charge is -2.16. The molecular weight excluding hydrogens is 411 g/mol. The maximum Gasteiger partial charge on any atom is 0.416 e. The molecule has 2 heterocycles. The van der Waals surface area contributed by atoms with Crippen LogP contribution in [0.5, 0.6) is 5.75 Å². The predicted molar refractivity (Wildman–Crippen MR) is 105 cm³/mol. The topological polar surface area (TPSA) is 68.5 Å². The van der Waals surface area contributed by atoms with E-state index in [4.69, 9.17) is 9.26 Å². The molecule has 2 aromatic carbocycles. The van der Waals surface area contributed by atoms with Crippen molar-refractivity contribution in [2.24, 2.45) is 0 Å². The minimum Gasteiger partial charge on any atom is -0.494 e. The van der Waals surface area contributed by atoms with Crippen LogP contribution in [0.2, 0.25) is 0 Å². The van der Waals surface area contributed by atoms with Crippen LogP contribution in [0.25, 0.3) is 11.4 Å². The van der Waals surface area contributed by atoms with Gasteiger partial charge in [0.25, 0.3) is 0 Å². The highest BCUT2D eigenvalue weighted by Gasteiger charge is 2.34. The monoisotopic (exact) mass is 431 g/mol. The average molecular weight is 431 g/mol. The first-order valence-corrected chi connectivity index (χ1v) is 9.84. The maximum absolute atomic E-state index is 12.7. The van der Waals surface area contributed by atoms with Gasteiger partial charge in [0, 0.05) is 25.1 Å². The minimum atomic E-state index is -4.41. The molecule has 6 nitrogen and oxygen atoms in total. The molecule has 1 saturated heterocycles. The van der Waals surface area contributed by atoms with Crippen LogP contribution in [0.1, 0.15) is 36.3 Å². The Kier molecular flexibility index (Phi) is 5.67. The largest absolute Gasteiger partial charge is 0.494 e. The summed E-state index contributed by atoms with van der Waals surface area (Å²) in [5.41, 5.74) is 0.623. The van der Waals surface area contributed by atoms with E-state index in [1.807, 2.05) is 31.2 Å². The van der Waals surface area contributed by atoms with E-state index >= 15 is 0 Å². The number of alkyl halides is 3. The number of likely N-dealkylation sites (tertiary alicyclic amines) is 1. The summed E-state index contributed by atoms with van der Waals surface area (Å²) < 4.78 is 49.0. The number of carbonyl (C=O) groups is 1. The van der Waals surface area contributed by atoms with Gasteiger partial charge in [-0.05, 0) is 36.8 Å².